The third kappa shape index (κ3) is 4.80. The topological polar surface area (TPSA) is 61.4 Å². The summed E-state index contributed by atoms with van der Waals surface area (Å²) in [5.41, 5.74) is 0.701. The molecule has 15 heavy (non-hydrogen) atoms. The summed E-state index contributed by atoms with van der Waals surface area (Å²) >= 11 is 3.30. The Balaban J connectivity index is 2.44. The normalized spacial score (nSPS) is 11.9. The lowest BCUT2D eigenvalue weighted by molar-refractivity contribution is 0.190. The van der Waals surface area contributed by atoms with Gasteiger partial charge in [0, 0.05) is 16.7 Å². The van der Waals surface area contributed by atoms with E-state index < -0.39 is 6.10 Å². The van der Waals surface area contributed by atoms with Crippen molar-refractivity contribution in [1.29, 1.82) is 0 Å². The molecule has 0 saturated heterocycles. The van der Waals surface area contributed by atoms with Crippen molar-refractivity contribution in [2.45, 2.75) is 13.0 Å². The van der Waals surface area contributed by atoms with Gasteiger partial charge in [-0.2, -0.15) is 0 Å². The third-order valence-corrected chi connectivity index (χ3v) is 2.13. The van der Waals surface area contributed by atoms with Crippen LogP contribution in [0.2, 0.25) is 0 Å². The maximum absolute atomic E-state index is 11.3. The van der Waals surface area contributed by atoms with Crippen molar-refractivity contribution in [3.8, 4) is 0 Å². The molecular weight excluding hydrogens is 260 g/mol. The molecule has 0 bridgehead atoms. The van der Waals surface area contributed by atoms with E-state index in [1.165, 1.54) is 0 Å². The zero-order chi connectivity index (χ0) is 11.3. The Bertz CT molecular complexity index is 342. The van der Waals surface area contributed by atoms with Gasteiger partial charge in [-0.1, -0.05) is 22.0 Å². The van der Waals surface area contributed by atoms with E-state index in [0.717, 1.165) is 4.47 Å². The van der Waals surface area contributed by atoms with Crippen LogP contribution in [0.5, 0.6) is 0 Å². The number of rotatable bonds is 3. The summed E-state index contributed by atoms with van der Waals surface area (Å²) in [6, 6.07) is 6.95. The predicted molar refractivity (Wildman–Crippen MR) is 62.8 cm³/mol. The number of benzene rings is 1. The lowest BCUT2D eigenvalue weighted by atomic mass is 10.3. The van der Waals surface area contributed by atoms with E-state index in [4.69, 9.17) is 5.11 Å². The Hall–Kier alpha value is -1.07. The first-order chi connectivity index (χ1) is 7.08. The van der Waals surface area contributed by atoms with Crippen molar-refractivity contribution < 1.29 is 9.90 Å². The van der Waals surface area contributed by atoms with Crippen LogP contribution in [0.25, 0.3) is 0 Å². The van der Waals surface area contributed by atoms with Gasteiger partial charge in [-0.05, 0) is 25.1 Å². The smallest absolute Gasteiger partial charge is 0.319 e. The molecule has 1 atom stereocenters. The fourth-order valence-corrected chi connectivity index (χ4v) is 1.38. The summed E-state index contributed by atoms with van der Waals surface area (Å²) in [5, 5.41) is 14.1. The molecule has 82 valence electrons. The Morgan fingerprint density at radius 3 is 2.93 bits per heavy atom. The zero-order valence-corrected chi connectivity index (χ0v) is 9.91. The number of aliphatic hydroxyl groups excluding tert-OH is 1. The summed E-state index contributed by atoms with van der Waals surface area (Å²) < 4.78 is 0.899. The number of urea groups is 1. The molecule has 0 aromatic heterocycles. The average molecular weight is 273 g/mol. The van der Waals surface area contributed by atoms with Crippen LogP contribution >= 0.6 is 15.9 Å². The number of carbonyl (C=O) groups is 1. The molecule has 0 spiro atoms. The molecule has 0 saturated carbocycles. The summed E-state index contributed by atoms with van der Waals surface area (Å²) in [7, 11) is 0. The van der Waals surface area contributed by atoms with E-state index in [1.54, 1.807) is 19.1 Å². The molecule has 0 heterocycles. The molecule has 1 aromatic rings. The van der Waals surface area contributed by atoms with Gasteiger partial charge in [0.15, 0.2) is 0 Å². The molecule has 2 amide bonds. The minimum atomic E-state index is -0.543. The van der Waals surface area contributed by atoms with Gasteiger partial charge in [-0.15, -0.1) is 0 Å². The molecule has 0 aliphatic rings. The van der Waals surface area contributed by atoms with Crippen molar-refractivity contribution in [2.75, 3.05) is 11.9 Å². The fourth-order valence-electron chi connectivity index (χ4n) is 0.982. The molecule has 1 aromatic carbocycles. The standard InChI is InChI=1S/C10H13BrN2O2/c1-7(14)6-12-10(15)13-9-4-2-3-8(11)5-9/h2-5,7,14H,6H2,1H3,(H2,12,13,15). The Morgan fingerprint density at radius 2 is 2.33 bits per heavy atom. The summed E-state index contributed by atoms with van der Waals surface area (Å²) in [6.45, 7) is 1.85. The molecule has 0 aliphatic heterocycles. The highest BCUT2D eigenvalue weighted by atomic mass is 79.9. The number of halogens is 1. The van der Waals surface area contributed by atoms with E-state index in [2.05, 4.69) is 26.6 Å². The first-order valence-electron chi connectivity index (χ1n) is 4.56. The minimum absolute atomic E-state index is 0.236. The maximum Gasteiger partial charge on any atom is 0.319 e. The van der Waals surface area contributed by atoms with E-state index in [9.17, 15) is 4.79 Å². The number of aliphatic hydroxyl groups is 1. The summed E-state index contributed by atoms with van der Waals surface area (Å²) in [6.07, 6.45) is -0.543. The largest absolute Gasteiger partial charge is 0.392 e. The molecule has 3 N–H and O–H groups in total. The monoisotopic (exact) mass is 272 g/mol. The van der Waals surface area contributed by atoms with Crippen LogP contribution in [-0.2, 0) is 0 Å². The number of carbonyl (C=O) groups excluding carboxylic acids is 1. The predicted octanol–water partition coefficient (Wildman–Crippen LogP) is 1.95. The van der Waals surface area contributed by atoms with Gasteiger partial charge in [-0.25, -0.2) is 4.79 Å². The highest BCUT2D eigenvalue weighted by Gasteiger charge is 2.02. The molecule has 1 unspecified atom stereocenters. The molecular formula is C10H13BrN2O2. The summed E-state index contributed by atoms with van der Waals surface area (Å²) in [5.74, 6) is 0. The first kappa shape index (κ1) is 12.0. The van der Waals surface area contributed by atoms with E-state index in [-0.39, 0.29) is 12.6 Å². The Labute approximate surface area is 96.8 Å². The Kier molecular flexibility index (Phi) is 4.58. The number of amides is 2. The molecule has 5 heteroatoms. The maximum atomic E-state index is 11.3. The molecule has 0 radical (unpaired) electrons. The van der Waals surface area contributed by atoms with E-state index in [0.29, 0.717) is 5.69 Å². The van der Waals surface area contributed by atoms with Crippen LogP contribution in [0.4, 0.5) is 10.5 Å². The van der Waals surface area contributed by atoms with Crippen molar-refractivity contribution in [1.82, 2.24) is 5.32 Å². The highest BCUT2D eigenvalue weighted by molar-refractivity contribution is 9.10. The van der Waals surface area contributed by atoms with Gasteiger partial charge in [0.25, 0.3) is 0 Å². The van der Waals surface area contributed by atoms with Crippen LogP contribution < -0.4 is 10.6 Å². The number of nitrogens with one attached hydrogen (secondary N) is 2. The molecule has 0 aliphatic carbocycles. The molecule has 4 nitrogen and oxygen atoms in total. The lowest BCUT2D eigenvalue weighted by Gasteiger charge is -2.08. The summed E-state index contributed by atoms with van der Waals surface area (Å²) in [4.78, 5) is 11.3. The van der Waals surface area contributed by atoms with Gasteiger partial charge in [0.1, 0.15) is 0 Å². The second-order valence-electron chi connectivity index (χ2n) is 3.19. The Morgan fingerprint density at radius 1 is 1.60 bits per heavy atom. The average Bonchev–Trinajstić information content (AvgIpc) is 2.15. The first-order valence-corrected chi connectivity index (χ1v) is 5.35. The fraction of sp³-hybridized carbons (Fsp3) is 0.300. The quantitative estimate of drug-likeness (QED) is 0.788. The third-order valence-electron chi connectivity index (χ3n) is 1.64. The number of hydrogen-bond donors (Lipinski definition) is 3. The number of hydrogen-bond acceptors (Lipinski definition) is 2. The van der Waals surface area contributed by atoms with Gasteiger partial charge < -0.3 is 15.7 Å². The van der Waals surface area contributed by atoms with Gasteiger partial charge in [0.05, 0.1) is 6.10 Å². The van der Waals surface area contributed by atoms with Gasteiger partial charge in [-0.3, -0.25) is 0 Å². The van der Waals surface area contributed by atoms with Crippen LogP contribution in [0, 0.1) is 0 Å². The van der Waals surface area contributed by atoms with Crippen LogP contribution in [0.1, 0.15) is 6.92 Å². The lowest BCUT2D eigenvalue weighted by Crippen LogP contribution is -2.34. The second-order valence-corrected chi connectivity index (χ2v) is 4.11. The number of anilines is 1. The van der Waals surface area contributed by atoms with Gasteiger partial charge in [0.2, 0.25) is 0 Å². The highest BCUT2D eigenvalue weighted by Crippen LogP contribution is 2.15. The SMILES string of the molecule is CC(O)CNC(=O)Nc1cccc(Br)c1. The van der Waals surface area contributed by atoms with Crippen molar-refractivity contribution in [3.05, 3.63) is 28.7 Å². The van der Waals surface area contributed by atoms with Crippen molar-refractivity contribution >= 4 is 27.6 Å². The van der Waals surface area contributed by atoms with Crippen LogP contribution in [0.3, 0.4) is 0 Å². The van der Waals surface area contributed by atoms with Crippen molar-refractivity contribution in [2.24, 2.45) is 0 Å². The van der Waals surface area contributed by atoms with Crippen molar-refractivity contribution in [3.63, 3.8) is 0 Å². The van der Waals surface area contributed by atoms with Crippen LogP contribution in [-0.4, -0.2) is 23.8 Å². The molecule has 0 fully saturated rings. The van der Waals surface area contributed by atoms with Gasteiger partial charge >= 0.3 is 6.03 Å². The molecule has 1 rings (SSSR count). The van der Waals surface area contributed by atoms with Crippen LogP contribution in [0.15, 0.2) is 28.7 Å². The minimum Gasteiger partial charge on any atom is -0.392 e. The van der Waals surface area contributed by atoms with E-state index >= 15 is 0 Å². The van der Waals surface area contributed by atoms with E-state index in [1.807, 2.05) is 12.1 Å². The zero-order valence-electron chi connectivity index (χ0n) is 8.33. The second kappa shape index (κ2) is 5.72.